The standard InChI is InChI=1S/C15H33NO3/c1-14(2)6-9-18-10-7-16(15(3)4)8-11-19-13-12-17-5/h14-15H,6-13H2,1-5H3. The van der Waals surface area contributed by atoms with Gasteiger partial charge in [-0.3, -0.25) is 4.90 Å². The van der Waals surface area contributed by atoms with Crippen LogP contribution in [0.2, 0.25) is 0 Å². The van der Waals surface area contributed by atoms with Gasteiger partial charge in [-0.1, -0.05) is 13.8 Å². The Morgan fingerprint density at radius 3 is 1.84 bits per heavy atom. The largest absolute Gasteiger partial charge is 0.382 e. The van der Waals surface area contributed by atoms with Gasteiger partial charge >= 0.3 is 0 Å². The maximum absolute atomic E-state index is 5.67. The highest BCUT2D eigenvalue weighted by molar-refractivity contribution is 4.62. The van der Waals surface area contributed by atoms with Crippen molar-refractivity contribution in [2.75, 3.05) is 53.2 Å². The minimum atomic E-state index is 0.528. The average Bonchev–Trinajstić information content (AvgIpc) is 2.35. The Bertz CT molecular complexity index is 186. The summed E-state index contributed by atoms with van der Waals surface area (Å²) in [5.74, 6) is 0.718. The molecular formula is C15H33NO3. The van der Waals surface area contributed by atoms with Crippen molar-refractivity contribution in [3.05, 3.63) is 0 Å². The molecule has 0 spiro atoms. The van der Waals surface area contributed by atoms with Gasteiger partial charge in [0.15, 0.2) is 0 Å². The summed E-state index contributed by atoms with van der Waals surface area (Å²) in [5, 5.41) is 0. The quantitative estimate of drug-likeness (QED) is 0.483. The first kappa shape index (κ1) is 18.8. The van der Waals surface area contributed by atoms with E-state index in [0.29, 0.717) is 19.3 Å². The van der Waals surface area contributed by atoms with Gasteiger partial charge in [0.25, 0.3) is 0 Å². The Morgan fingerprint density at radius 2 is 1.37 bits per heavy atom. The van der Waals surface area contributed by atoms with Gasteiger partial charge in [-0.05, 0) is 26.2 Å². The van der Waals surface area contributed by atoms with E-state index in [2.05, 4.69) is 32.6 Å². The van der Waals surface area contributed by atoms with Gasteiger partial charge in [0.1, 0.15) is 0 Å². The molecule has 0 aromatic rings. The van der Waals surface area contributed by atoms with E-state index in [0.717, 1.165) is 45.2 Å². The Morgan fingerprint density at radius 1 is 0.789 bits per heavy atom. The lowest BCUT2D eigenvalue weighted by Crippen LogP contribution is -2.36. The van der Waals surface area contributed by atoms with Crippen LogP contribution in [-0.2, 0) is 14.2 Å². The van der Waals surface area contributed by atoms with Crippen LogP contribution in [0.5, 0.6) is 0 Å². The lowest BCUT2D eigenvalue weighted by atomic mass is 10.1. The van der Waals surface area contributed by atoms with E-state index < -0.39 is 0 Å². The molecule has 0 aliphatic rings. The second-order valence-corrected chi connectivity index (χ2v) is 5.53. The second kappa shape index (κ2) is 12.9. The summed E-state index contributed by atoms with van der Waals surface area (Å²) >= 11 is 0. The average molecular weight is 275 g/mol. The van der Waals surface area contributed by atoms with Crippen LogP contribution in [0, 0.1) is 5.92 Å². The fraction of sp³-hybridized carbons (Fsp3) is 1.00. The van der Waals surface area contributed by atoms with E-state index in [1.165, 1.54) is 0 Å². The van der Waals surface area contributed by atoms with Crippen molar-refractivity contribution < 1.29 is 14.2 Å². The first-order valence-corrected chi connectivity index (χ1v) is 7.46. The molecule has 0 aliphatic carbocycles. The Hall–Kier alpha value is -0.160. The minimum absolute atomic E-state index is 0.528. The molecule has 0 N–H and O–H groups in total. The molecule has 0 bridgehead atoms. The molecule has 0 aliphatic heterocycles. The first-order valence-electron chi connectivity index (χ1n) is 7.46. The van der Waals surface area contributed by atoms with Crippen LogP contribution in [0.4, 0.5) is 0 Å². The number of hydrogen-bond acceptors (Lipinski definition) is 4. The number of hydrogen-bond donors (Lipinski definition) is 0. The number of ether oxygens (including phenoxy) is 3. The van der Waals surface area contributed by atoms with Crippen LogP contribution in [0.3, 0.4) is 0 Å². The summed E-state index contributed by atoms with van der Waals surface area (Å²) in [5.41, 5.74) is 0. The van der Waals surface area contributed by atoms with E-state index in [4.69, 9.17) is 14.2 Å². The van der Waals surface area contributed by atoms with Crippen molar-refractivity contribution in [2.45, 2.75) is 40.2 Å². The van der Waals surface area contributed by atoms with Crippen molar-refractivity contribution in [3.63, 3.8) is 0 Å². The molecule has 0 radical (unpaired) electrons. The van der Waals surface area contributed by atoms with E-state index >= 15 is 0 Å². The molecule has 0 aromatic carbocycles. The third-order valence-electron chi connectivity index (χ3n) is 3.05. The van der Waals surface area contributed by atoms with E-state index in [-0.39, 0.29) is 0 Å². The molecular weight excluding hydrogens is 242 g/mol. The zero-order valence-electron chi connectivity index (χ0n) is 13.5. The van der Waals surface area contributed by atoms with Gasteiger partial charge in [-0.2, -0.15) is 0 Å². The molecule has 0 heterocycles. The zero-order valence-corrected chi connectivity index (χ0v) is 13.5. The zero-order chi connectivity index (χ0) is 14.5. The van der Waals surface area contributed by atoms with Gasteiger partial charge in [0.2, 0.25) is 0 Å². The number of rotatable bonds is 13. The van der Waals surface area contributed by atoms with Gasteiger partial charge in [0, 0.05) is 32.8 Å². The Labute approximate surface area is 119 Å². The highest BCUT2D eigenvalue weighted by atomic mass is 16.5. The van der Waals surface area contributed by atoms with Crippen molar-refractivity contribution in [2.24, 2.45) is 5.92 Å². The molecule has 0 saturated carbocycles. The van der Waals surface area contributed by atoms with Crippen LogP contribution in [0.15, 0.2) is 0 Å². The van der Waals surface area contributed by atoms with Crippen LogP contribution in [0.25, 0.3) is 0 Å². The smallest absolute Gasteiger partial charge is 0.0700 e. The second-order valence-electron chi connectivity index (χ2n) is 5.53. The van der Waals surface area contributed by atoms with Crippen molar-refractivity contribution in [3.8, 4) is 0 Å². The van der Waals surface area contributed by atoms with Crippen molar-refractivity contribution >= 4 is 0 Å². The Kier molecular flexibility index (Phi) is 12.7. The third-order valence-corrected chi connectivity index (χ3v) is 3.05. The van der Waals surface area contributed by atoms with Crippen LogP contribution < -0.4 is 0 Å². The molecule has 4 nitrogen and oxygen atoms in total. The van der Waals surface area contributed by atoms with Crippen LogP contribution in [0.1, 0.15) is 34.1 Å². The fourth-order valence-electron chi connectivity index (χ4n) is 1.66. The summed E-state index contributed by atoms with van der Waals surface area (Å²) in [6, 6.07) is 0.528. The normalized spacial score (nSPS) is 12.0. The summed E-state index contributed by atoms with van der Waals surface area (Å²) < 4.78 is 16.1. The third kappa shape index (κ3) is 12.6. The van der Waals surface area contributed by atoms with E-state index in [1.54, 1.807) is 7.11 Å². The summed E-state index contributed by atoms with van der Waals surface area (Å²) in [6.07, 6.45) is 1.14. The first-order chi connectivity index (χ1) is 9.07. The maximum atomic E-state index is 5.67. The van der Waals surface area contributed by atoms with Gasteiger partial charge in [-0.15, -0.1) is 0 Å². The molecule has 0 unspecified atom stereocenters. The lowest BCUT2D eigenvalue weighted by Gasteiger charge is -2.26. The fourth-order valence-corrected chi connectivity index (χ4v) is 1.66. The maximum Gasteiger partial charge on any atom is 0.0700 e. The molecule has 116 valence electrons. The minimum Gasteiger partial charge on any atom is -0.382 e. The predicted octanol–water partition coefficient (Wildman–Crippen LogP) is 2.42. The Balaban J connectivity index is 3.57. The van der Waals surface area contributed by atoms with Crippen LogP contribution >= 0.6 is 0 Å². The van der Waals surface area contributed by atoms with Gasteiger partial charge in [0.05, 0.1) is 26.4 Å². The molecule has 0 saturated heterocycles. The van der Waals surface area contributed by atoms with E-state index in [1.807, 2.05) is 0 Å². The van der Waals surface area contributed by atoms with Crippen molar-refractivity contribution in [1.82, 2.24) is 4.90 Å². The van der Waals surface area contributed by atoms with Gasteiger partial charge < -0.3 is 14.2 Å². The predicted molar refractivity (Wildman–Crippen MR) is 79.7 cm³/mol. The van der Waals surface area contributed by atoms with Gasteiger partial charge in [-0.25, -0.2) is 0 Å². The molecule has 0 amide bonds. The molecule has 19 heavy (non-hydrogen) atoms. The number of methoxy groups -OCH3 is 1. The number of nitrogens with zero attached hydrogens (tertiary/aromatic N) is 1. The topological polar surface area (TPSA) is 30.9 Å². The molecule has 0 rings (SSSR count). The summed E-state index contributed by atoms with van der Waals surface area (Å²) in [4.78, 5) is 2.39. The molecule has 0 aromatic heterocycles. The molecule has 4 heteroatoms. The van der Waals surface area contributed by atoms with Crippen LogP contribution in [-0.4, -0.2) is 64.2 Å². The summed E-state index contributed by atoms with van der Waals surface area (Å²) in [6.45, 7) is 14.6. The monoisotopic (exact) mass is 275 g/mol. The summed E-state index contributed by atoms with van der Waals surface area (Å²) in [7, 11) is 1.69. The molecule has 0 fully saturated rings. The molecule has 0 atom stereocenters. The van der Waals surface area contributed by atoms with Crippen molar-refractivity contribution in [1.29, 1.82) is 0 Å². The highest BCUT2D eigenvalue weighted by Crippen LogP contribution is 2.01. The SMILES string of the molecule is COCCOCCN(CCOCCC(C)C)C(C)C. The van der Waals surface area contributed by atoms with E-state index in [9.17, 15) is 0 Å². The highest BCUT2D eigenvalue weighted by Gasteiger charge is 2.08. The lowest BCUT2D eigenvalue weighted by molar-refractivity contribution is 0.0398.